The van der Waals surface area contributed by atoms with Crippen LogP contribution in [0.3, 0.4) is 0 Å². The largest absolute Gasteiger partial charge is 0.324 e. The van der Waals surface area contributed by atoms with Crippen LogP contribution in [-0.4, -0.2) is 29.9 Å². The summed E-state index contributed by atoms with van der Waals surface area (Å²) in [6.45, 7) is 0. The van der Waals surface area contributed by atoms with Crippen LogP contribution in [0.4, 0.5) is 5.69 Å². The van der Waals surface area contributed by atoms with Gasteiger partial charge in [-0.2, -0.15) is 11.3 Å². The van der Waals surface area contributed by atoms with Crippen molar-refractivity contribution in [2.45, 2.75) is 6.04 Å². The van der Waals surface area contributed by atoms with E-state index >= 15 is 0 Å². The van der Waals surface area contributed by atoms with Crippen LogP contribution >= 0.6 is 11.3 Å². The Morgan fingerprint density at radius 3 is 2.82 bits per heavy atom. The Balaban J connectivity index is 1.85. The molecule has 22 heavy (non-hydrogen) atoms. The summed E-state index contributed by atoms with van der Waals surface area (Å²) >= 11 is 1.60. The van der Waals surface area contributed by atoms with Crippen LogP contribution in [-0.2, 0) is 4.79 Å². The summed E-state index contributed by atoms with van der Waals surface area (Å²) in [7, 11) is 3.82. The van der Waals surface area contributed by atoms with Crippen LogP contribution in [0.2, 0.25) is 0 Å². The number of nitrogens with one attached hydrogen (secondary N) is 1. The van der Waals surface area contributed by atoms with Crippen LogP contribution in [0.5, 0.6) is 0 Å². The minimum atomic E-state index is -0.292. The second kappa shape index (κ2) is 6.25. The Hall–Kier alpha value is -2.24. The maximum atomic E-state index is 12.6. The van der Waals surface area contributed by atoms with Crippen molar-refractivity contribution in [1.29, 1.82) is 0 Å². The zero-order valence-electron chi connectivity index (χ0n) is 12.5. The van der Waals surface area contributed by atoms with Crippen LogP contribution < -0.4 is 5.32 Å². The Labute approximate surface area is 133 Å². The van der Waals surface area contributed by atoms with E-state index in [1.54, 1.807) is 17.5 Å². The molecule has 1 aromatic carbocycles. The van der Waals surface area contributed by atoms with Crippen molar-refractivity contribution in [3.05, 3.63) is 59.0 Å². The molecule has 0 radical (unpaired) electrons. The van der Waals surface area contributed by atoms with Gasteiger partial charge < -0.3 is 5.32 Å². The smallest absolute Gasteiger partial charge is 0.246 e. The number of likely N-dealkylation sites (N-methyl/N-ethyl adjacent to an activating group) is 1. The highest BCUT2D eigenvalue weighted by molar-refractivity contribution is 7.08. The van der Waals surface area contributed by atoms with E-state index in [1.807, 2.05) is 66.3 Å². The van der Waals surface area contributed by atoms with Gasteiger partial charge in [-0.3, -0.25) is 14.7 Å². The molecule has 5 heteroatoms. The lowest BCUT2D eigenvalue weighted by Gasteiger charge is -2.22. The predicted molar refractivity (Wildman–Crippen MR) is 91.1 cm³/mol. The van der Waals surface area contributed by atoms with Gasteiger partial charge in [0.2, 0.25) is 5.91 Å². The fourth-order valence-corrected chi connectivity index (χ4v) is 3.17. The van der Waals surface area contributed by atoms with Crippen molar-refractivity contribution in [3.63, 3.8) is 0 Å². The molecule has 1 atom stereocenters. The van der Waals surface area contributed by atoms with E-state index < -0.39 is 0 Å². The summed E-state index contributed by atoms with van der Waals surface area (Å²) in [4.78, 5) is 18.6. The summed E-state index contributed by atoms with van der Waals surface area (Å²) in [5.74, 6) is -0.0307. The Morgan fingerprint density at radius 1 is 1.23 bits per heavy atom. The van der Waals surface area contributed by atoms with Gasteiger partial charge in [0.05, 0.1) is 0 Å². The van der Waals surface area contributed by atoms with Crippen molar-refractivity contribution < 1.29 is 4.79 Å². The lowest BCUT2D eigenvalue weighted by Crippen LogP contribution is -2.31. The van der Waals surface area contributed by atoms with Gasteiger partial charge in [0, 0.05) is 23.5 Å². The second-order valence-corrected chi connectivity index (χ2v) is 6.13. The zero-order chi connectivity index (χ0) is 15.5. The first-order valence-electron chi connectivity index (χ1n) is 6.98. The van der Waals surface area contributed by atoms with Gasteiger partial charge in [0.15, 0.2) is 0 Å². The number of thiophene rings is 1. The van der Waals surface area contributed by atoms with E-state index in [2.05, 4.69) is 10.3 Å². The van der Waals surface area contributed by atoms with Gasteiger partial charge in [-0.05, 0) is 60.1 Å². The number of pyridine rings is 1. The number of carbonyl (C=O) groups excluding carboxylic acids is 1. The molecule has 0 saturated heterocycles. The fourth-order valence-electron chi connectivity index (χ4n) is 2.49. The Kier molecular flexibility index (Phi) is 4.18. The first-order valence-corrected chi connectivity index (χ1v) is 7.92. The average molecular weight is 311 g/mol. The molecule has 112 valence electrons. The number of benzene rings is 1. The number of fused-ring (bicyclic) bond motifs is 1. The van der Waals surface area contributed by atoms with E-state index in [4.69, 9.17) is 0 Å². The van der Waals surface area contributed by atoms with Gasteiger partial charge in [-0.25, -0.2) is 0 Å². The standard InChI is InChI=1S/C17H17N3OS/c1-20(2)16(14-6-8-22-11-14)17(21)19-15-4-3-13-10-18-7-5-12(13)9-15/h3-11,16H,1-2H3,(H,19,21)/t16-/m1/s1. The van der Waals surface area contributed by atoms with Gasteiger partial charge >= 0.3 is 0 Å². The number of rotatable bonds is 4. The SMILES string of the molecule is CN(C)[C@@H](C(=O)Nc1ccc2cnccc2c1)c1ccsc1. The van der Waals surface area contributed by atoms with Crippen molar-refractivity contribution in [2.75, 3.05) is 19.4 Å². The molecule has 1 amide bonds. The molecule has 2 heterocycles. The van der Waals surface area contributed by atoms with Crippen molar-refractivity contribution in [3.8, 4) is 0 Å². The van der Waals surface area contributed by atoms with Crippen LogP contribution in [0.1, 0.15) is 11.6 Å². The summed E-state index contributed by atoms with van der Waals surface area (Å²) in [6, 6.07) is 9.47. The molecule has 0 aliphatic carbocycles. The highest BCUT2D eigenvalue weighted by Gasteiger charge is 2.23. The van der Waals surface area contributed by atoms with Crippen molar-refractivity contribution >= 4 is 33.7 Å². The highest BCUT2D eigenvalue weighted by Crippen LogP contribution is 2.24. The number of amides is 1. The molecule has 0 aliphatic rings. The highest BCUT2D eigenvalue weighted by atomic mass is 32.1. The summed E-state index contributed by atoms with van der Waals surface area (Å²) in [5, 5.41) is 9.12. The summed E-state index contributed by atoms with van der Waals surface area (Å²) in [5.41, 5.74) is 1.81. The second-order valence-electron chi connectivity index (χ2n) is 5.35. The average Bonchev–Trinajstić information content (AvgIpc) is 3.00. The molecule has 4 nitrogen and oxygen atoms in total. The number of aromatic nitrogens is 1. The van der Waals surface area contributed by atoms with E-state index in [9.17, 15) is 4.79 Å². The maximum Gasteiger partial charge on any atom is 0.246 e. The molecular formula is C17H17N3OS. The Bertz CT molecular complexity index is 783. The summed E-state index contributed by atoms with van der Waals surface area (Å²) < 4.78 is 0. The zero-order valence-corrected chi connectivity index (χ0v) is 13.3. The normalized spacial score (nSPS) is 12.5. The van der Waals surface area contributed by atoms with Crippen LogP contribution in [0, 0.1) is 0 Å². The monoisotopic (exact) mass is 311 g/mol. The molecule has 3 aromatic rings. The molecular weight excluding hydrogens is 294 g/mol. The third-order valence-corrected chi connectivity index (χ3v) is 4.23. The molecule has 0 spiro atoms. The van der Waals surface area contributed by atoms with E-state index in [0.29, 0.717) is 0 Å². The van der Waals surface area contributed by atoms with Crippen molar-refractivity contribution in [1.82, 2.24) is 9.88 Å². The molecule has 0 saturated carbocycles. The predicted octanol–water partition coefficient (Wildman–Crippen LogP) is 3.54. The first-order chi connectivity index (χ1) is 10.6. The molecule has 0 fully saturated rings. The molecule has 3 rings (SSSR count). The molecule has 1 N–H and O–H groups in total. The molecule has 0 unspecified atom stereocenters. The minimum absolute atomic E-state index is 0.0307. The molecule has 2 aromatic heterocycles. The van der Waals surface area contributed by atoms with Crippen LogP contribution in [0.15, 0.2) is 53.5 Å². The van der Waals surface area contributed by atoms with Gasteiger partial charge in [0.25, 0.3) is 0 Å². The third kappa shape index (κ3) is 3.00. The maximum absolute atomic E-state index is 12.6. The van der Waals surface area contributed by atoms with E-state index in [0.717, 1.165) is 22.0 Å². The first kappa shape index (κ1) is 14.7. The van der Waals surface area contributed by atoms with Gasteiger partial charge in [-0.15, -0.1) is 0 Å². The Morgan fingerprint density at radius 2 is 2.09 bits per heavy atom. The van der Waals surface area contributed by atoms with Gasteiger partial charge in [0.1, 0.15) is 6.04 Å². The number of nitrogens with zero attached hydrogens (tertiary/aromatic N) is 2. The minimum Gasteiger partial charge on any atom is -0.324 e. The van der Waals surface area contributed by atoms with E-state index in [-0.39, 0.29) is 11.9 Å². The van der Waals surface area contributed by atoms with E-state index in [1.165, 1.54) is 0 Å². The van der Waals surface area contributed by atoms with Crippen LogP contribution in [0.25, 0.3) is 10.8 Å². The topological polar surface area (TPSA) is 45.2 Å². The lowest BCUT2D eigenvalue weighted by atomic mass is 10.1. The number of hydrogen-bond acceptors (Lipinski definition) is 4. The number of anilines is 1. The molecule has 0 bridgehead atoms. The van der Waals surface area contributed by atoms with Crippen molar-refractivity contribution in [2.24, 2.45) is 0 Å². The number of hydrogen-bond donors (Lipinski definition) is 1. The molecule has 0 aliphatic heterocycles. The third-order valence-electron chi connectivity index (χ3n) is 3.53. The fraction of sp³-hybridized carbons (Fsp3) is 0.176. The lowest BCUT2D eigenvalue weighted by molar-refractivity contribution is -0.120. The summed E-state index contributed by atoms with van der Waals surface area (Å²) in [6.07, 6.45) is 3.57. The number of carbonyl (C=O) groups is 1. The van der Waals surface area contributed by atoms with Gasteiger partial charge in [-0.1, -0.05) is 6.07 Å². The quantitative estimate of drug-likeness (QED) is 0.801.